The van der Waals surface area contributed by atoms with E-state index >= 15 is 0 Å². The Bertz CT molecular complexity index is 1050. The van der Waals surface area contributed by atoms with Crippen LogP contribution in [0.4, 0.5) is 0 Å². The topological polar surface area (TPSA) is 35.5 Å². The number of methoxy groups -OCH3 is 1. The smallest absolute Gasteiger partial charge is 0.305 e. The molecule has 0 aliphatic rings. The summed E-state index contributed by atoms with van der Waals surface area (Å²) in [6.07, 6.45) is 26.4. The Morgan fingerprint density at radius 2 is 1.27 bits per heavy atom. The molecule has 0 aromatic heterocycles. The molecule has 3 nitrogen and oxygen atoms in total. The number of carbonyl (C=O) groups is 1. The number of carbonyl (C=O) groups excluding carboxylic acids is 1. The van der Waals surface area contributed by atoms with Crippen LogP contribution in [-0.4, -0.2) is 27.5 Å². The van der Waals surface area contributed by atoms with Crippen LogP contribution in [0.5, 0.6) is 0 Å². The summed E-state index contributed by atoms with van der Waals surface area (Å²) >= 11 is 0. The van der Waals surface area contributed by atoms with Crippen molar-refractivity contribution < 1.29 is 14.0 Å². The van der Waals surface area contributed by atoms with Crippen LogP contribution < -0.4 is 10.4 Å². The third-order valence-electron chi connectivity index (χ3n) is 7.21. The average molecular weight is 573 g/mol. The molecule has 1 atom stereocenters. The third-order valence-corrected chi connectivity index (χ3v) is 12.2. The van der Waals surface area contributed by atoms with Gasteiger partial charge in [0.05, 0.1) is 13.2 Å². The minimum absolute atomic E-state index is 0.0889. The van der Waals surface area contributed by atoms with Crippen molar-refractivity contribution in [2.24, 2.45) is 0 Å². The summed E-state index contributed by atoms with van der Waals surface area (Å²) in [5.41, 5.74) is 0. The highest BCUT2D eigenvalue weighted by Crippen LogP contribution is 2.37. The van der Waals surface area contributed by atoms with Crippen molar-refractivity contribution in [3.8, 4) is 0 Å². The van der Waals surface area contributed by atoms with Crippen molar-refractivity contribution in [2.45, 2.75) is 96.6 Å². The summed E-state index contributed by atoms with van der Waals surface area (Å²) in [4.78, 5) is 11.3. The summed E-state index contributed by atoms with van der Waals surface area (Å²) in [6.45, 7) is 9.20. The molecule has 2 rings (SSSR count). The molecule has 0 aliphatic carbocycles. The Morgan fingerprint density at radius 3 is 1.73 bits per heavy atom. The second-order valence-electron chi connectivity index (χ2n) is 11.5. The number of hydrogen-bond donors (Lipinski definition) is 0. The van der Waals surface area contributed by atoms with Gasteiger partial charge >= 0.3 is 5.97 Å². The highest BCUT2D eigenvalue weighted by atomic mass is 28.4. The first-order valence-electron chi connectivity index (χ1n) is 15.3. The zero-order valence-corrected chi connectivity index (χ0v) is 27.1. The van der Waals surface area contributed by atoms with Gasteiger partial charge in [-0.2, -0.15) is 0 Å². The lowest BCUT2D eigenvalue weighted by Gasteiger charge is -2.44. The molecule has 2 aromatic rings. The maximum atomic E-state index is 11.3. The van der Waals surface area contributed by atoms with E-state index in [1.807, 2.05) is 0 Å². The Labute approximate surface area is 251 Å². The fraction of sp³-hybridized carbons (Fsp3) is 0.432. The van der Waals surface area contributed by atoms with Gasteiger partial charge in [0.25, 0.3) is 8.32 Å². The van der Waals surface area contributed by atoms with Gasteiger partial charge in [-0.15, -0.1) is 0 Å². The normalized spacial score (nSPS) is 13.6. The summed E-state index contributed by atoms with van der Waals surface area (Å²) in [6, 6.07) is 21.6. The molecular weight excluding hydrogens is 520 g/mol. The number of hydrogen-bond acceptors (Lipinski definition) is 3. The van der Waals surface area contributed by atoms with Crippen molar-refractivity contribution in [1.29, 1.82) is 0 Å². The number of rotatable bonds is 18. The van der Waals surface area contributed by atoms with E-state index in [0.717, 1.165) is 32.1 Å². The summed E-state index contributed by atoms with van der Waals surface area (Å²) in [7, 11) is -1.25. The van der Waals surface area contributed by atoms with Crippen molar-refractivity contribution in [3.05, 3.63) is 109 Å². The summed E-state index contributed by atoms with van der Waals surface area (Å²) in [5, 5.41) is 2.48. The van der Waals surface area contributed by atoms with E-state index in [2.05, 4.69) is 137 Å². The number of benzene rings is 2. The molecule has 0 saturated carbocycles. The van der Waals surface area contributed by atoms with Crippen molar-refractivity contribution >= 4 is 24.7 Å². The van der Waals surface area contributed by atoms with Crippen molar-refractivity contribution in [1.82, 2.24) is 0 Å². The maximum Gasteiger partial charge on any atom is 0.305 e. The Balaban J connectivity index is 2.30. The molecule has 0 fully saturated rings. The average Bonchev–Trinajstić information content (AvgIpc) is 2.98. The van der Waals surface area contributed by atoms with Crippen LogP contribution in [0, 0.1) is 0 Å². The molecule has 2 aromatic carbocycles. The van der Waals surface area contributed by atoms with E-state index in [9.17, 15) is 4.79 Å². The highest BCUT2D eigenvalue weighted by molar-refractivity contribution is 6.99. The molecule has 0 N–H and O–H groups in total. The molecule has 0 heterocycles. The monoisotopic (exact) mass is 572 g/mol. The van der Waals surface area contributed by atoms with E-state index in [1.165, 1.54) is 36.7 Å². The predicted octanol–water partition coefficient (Wildman–Crippen LogP) is 8.86. The quantitative estimate of drug-likeness (QED) is 0.0774. The molecule has 0 amide bonds. The molecule has 0 aliphatic heterocycles. The molecule has 4 heteroatoms. The van der Waals surface area contributed by atoms with E-state index < -0.39 is 8.32 Å². The second kappa shape index (κ2) is 19.2. The van der Waals surface area contributed by atoms with Gasteiger partial charge in [0.2, 0.25) is 0 Å². The number of allylic oxidation sites excluding steroid dienone is 6. The lowest BCUT2D eigenvalue weighted by atomic mass is 10.2. The van der Waals surface area contributed by atoms with Crippen molar-refractivity contribution in [2.75, 3.05) is 7.11 Å². The molecular formula is C37H52O3Si. The fourth-order valence-corrected chi connectivity index (χ4v) is 9.61. The van der Waals surface area contributed by atoms with Gasteiger partial charge in [0.1, 0.15) is 0 Å². The van der Waals surface area contributed by atoms with Crippen LogP contribution in [0.3, 0.4) is 0 Å². The standard InChI is InChI=1S/C37H52O3Si/c1-6-7-8-9-10-11-14-19-26-33(27-20-15-12-13-16-25-32-36(38)39-5)40-41(37(2,3)4,34-28-21-17-22-29-34)35-30-23-18-24-31-35/h10-13,17-24,26-31,33H,6-9,14-16,25,32H2,1-5H3/b11-10-,13-12-,26-19-,27-20-/t33-/m0/s1. The van der Waals surface area contributed by atoms with Crippen molar-refractivity contribution in [3.63, 3.8) is 0 Å². The van der Waals surface area contributed by atoms with Crippen LogP contribution in [0.2, 0.25) is 5.04 Å². The SMILES string of the molecule is CCCCC/C=C\C/C=C\[C@@H](/C=C\C/C=C\CCCC(=O)OC)O[Si](c1ccccc1)(c1ccccc1)C(C)(C)C. The summed E-state index contributed by atoms with van der Waals surface area (Å²) < 4.78 is 12.1. The Morgan fingerprint density at radius 1 is 0.756 bits per heavy atom. The first-order chi connectivity index (χ1) is 19.8. The zero-order chi connectivity index (χ0) is 29.8. The molecule has 0 unspecified atom stereocenters. The Hall–Kier alpha value is -2.95. The van der Waals surface area contributed by atoms with E-state index in [-0.39, 0.29) is 17.1 Å². The van der Waals surface area contributed by atoms with Crippen LogP contribution in [0.25, 0.3) is 0 Å². The lowest BCUT2D eigenvalue weighted by Crippen LogP contribution is -2.67. The third kappa shape index (κ3) is 11.8. The van der Waals surface area contributed by atoms with Crippen LogP contribution >= 0.6 is 0 Å². The first kappa shape index (κ1) is 34.2. The van der Waals surface area contributed by atoms with Gasteiger partial charge in [0.15, 0.2) is 0 Å². The maximum absolute atomic E-state index is 11.3. The second-order valence-corrected chi connectivity index (χ2v) is 15.7. The van der Waals surface area contributed by atoms with Crippen LogP contribution in [0.15, 0.2) is 109 Å². The molecule has 0 bridgehead atoms. The van der Waals surface area contributed by atoms with Gasteiger partial charge in [-0.3, -0.25) is 4.79 Å². The largest absolute Gasteiger partial charge is 0.469 e. The van der Waals surface area contributed by atoms with Gasteiger partial charge in [-0.05, 0) is 53.9 Å². The molecule has 0 saturated heterocycles. The molecule has 0 spiro atoms. The molecule has 0 radical (unpaired) electrons. The van der Waals surface area contributed by atoms with E-state index in [0.29, 0.717) is 6.42 Å². The number of ether oxygens (including phenoxy) is 1. The first-order valence-corrected chi connectivity index (χ1v) is 17.2. The number of esters is 1. The van der Waals surface area contributed by atoms with Crippen LogP contribution in [-0.2, 0) is 14.0 Å². The van der Waals surface area contributed by atoms with Gasteiger partial charge < -0.3 is 9.16 Å². The fourth-order valence-electron chi connectivity index (χ4n) is 5.03. The minimum Gasteiger partial charge on any atom is -0.469 e. The molecule has 41 heavy (non-hydrogen) atoms. The number of unbranched alkanes of at least 4 members (excludes halogenated alkanes) is 4. The van der Waals surface area contributed by atoms with Gasteiger partial charge in [-0.25, -0.2) is 0 Å². The van der Waals surface area contributed by atoms with Crippen LogP contribution in [0.1, 0.15) is 85.5 Å². The van der Waals surface area contributed by atoms with Gasteiger partial charge in [0, 0.05) is 6.42 Å². The summed E-state index contributed by atoms with van der Waals surface area (Å²) in [5.74, 6) is -0.149. The van der Waals surface area contributed by atoms with E-state index in [4.69, 9.17) is 9.16 Å². The Kier molecular flexibility index (Phi) is 16.1. The zero-order valence-electron chi connectivity index (χ0n) is 26.1. The van der Waals surface area contributed by atoms with E-state index in [1.54, 1.807) is 0 Å². The minimum atomic E-state index is -2.69. The highest BCUT2D eigenvalue weighted by Gasteiger charge is 2.51. The predicted molar refractivity (Wildman–Crippen MR) is 178 cm³/mol. The molecule has 222 valence electrons. The lowest BCUT2D eigenvalue weighted by molar-refractivity contribution is -0.140. The van der Waals surface area contributed by atoms with Gasteiger partial charge in [-0.1, -0.05) is 150 Å².